The summed E-state index contributed by atoms with van der Waals surface area (Å²) in [6.45, 7) is 0. The minimum Gasteiger partial charge on any atom is -0.226 e. The monoisotopic (exact) mass is 240 g/mol. The lowest BCUT2D eigenvalue weighted by atomic mass is 10.3. The SMILES string of the molecule is O=S(=O)(Cl)CCc1cnc(Cl)nc1. The molecule has 1 rings (SSSR count). The van der Waals surface area contributed by atoms with Crippen LogP contribution in [0, 0.1) is 0 Å². The fourth-order valence-corrected chi connectivity index (χ4v) is 1.52. The molecule has 1 aromatic heterocycles. The molecule has 4 nitrogen and oxygen atoms in total. The second-order valence-electron chi connectivity index (χ2n) is 2.35. The molecule has 0 saturated carbocycles. The smallest absolute Gasteiger partial charge is 0.226 e. The Balaban J connectivity index is 2.61. The lowest BCUT2D eigenvalue weighted by Gasteiger charge is -1.96. The van der Waals surface area contributed by atoms with Crippen LogP contribution < -0.4 is 0 Å². The van der Waals surface area contributed by atoms with Gasteiger partial charge < -0.3 is 0 Å². The summed E-state index contributed by atoms with van der Waals surface area (Å²) in [5.74, 6) is -0.125. The minimum absolute atomic E-state index is 0.125. The van der Waals surface area contributed by atoms with Gasteiger partial charge in [0.2, 0.25) is 14.3 Å². The van der Waals surface area contributed by atoms with Gasteiger partial charge in [0.25, 0.3) is 0 Å². The largest absolute Gasteiger partial charge is 0.232 e. The van der Waals surface area contributed by atoms with E-state index in [9.17, 15) is 8.42 Å². The fraction of sp³-hybridized carbons (Fsp3) is 0.333. The lowest BCUT2D eigenvalue weighted by molar-refractivity contribution is 0.609. The molecule has 72 valence electrons. The van der Waals surface area contributed by atoms with E-state index in [0.29, 0.717) is 12.0 Å². The molecule has 0 aromatic carbocycles. The fourth-order valence-electron chi connectivity index (χ4n) is 0.708. The zero-order valence-corrected chi connectivity index (χ0v) is 8.77. The first-order valence-corrected chi connectivity index (χ1v) is 6.22. The summed E-state index contributed by atoms with van der Waals surface area (Å²) in [6, 6.07) is 0. The summed E-state index contributed by atoms with van der Waals surface area (Å²) in [5.41, 5.74) is 0.689. The first-order valence-electron chi connectivity index (χ1n) is 3.36. The van der Waals surface area contributed by atoms with Crippen LogP contribution in [0.3, 0.4) is 0 Å². The highest BCUT2D eigenvalue weighted by atomic mass is 35.7. The highest BCUT2D eigenvalue weighted by Gasteiger charge is 2.05. The van der Waals surface area contributed by atoms with Gasteiger partial charge in [0.1, 0.15) is 0 Å². The van der Waals surface area contributed by atoms with Gasteiger partial charge in [-0.25, -0.2) is 18.4 Å². The molecule has 0 aliphatic heterocycles. The van der Waals surface area contributed by atoms with Crippen LogP contribution in [0.25, 0.3) is 0 Å². The molecule has 1 heterocycles. The molecular weight excluding hydrogens is 235 g/mol. The number of hydrogen-bond acceptors (Lipinski definition) is 4. The van der Waals surface area contributed by atoms with E-state index in [1.165, 1.54) is 12.4 Å². The summed E-state index contributed by atoms with van der Waals surface area (Å²) in [7, 11) is 1.57. The van der Waals surface area contributed by atoms with Gasteiger partial charge >= 0.3 is 0 Å². The van der Waals surface area contributed by atoms with Crippen LogP contribution in [0.15, 0.2) is 12.4 Å². The molecule has 0 aliphatic carbocycles. The summed E-state index contributed by atoms with van der Waals surface area (Å²) in [4.78, 5) is 7.39. The van der Waals surface area contributed by atoms with E-state index in [4.69, 9.17) is 22.3 Å². The number of halogens is 2. The third-order valence-electron chi connectivity index (χ3n) is 1.31. The van der Waals surface area contributed by atoms with Crippen LogP contribution in [0.4, 0.5) is 0 Å². The van der Waals surface area contributed by atoms with Gasteiger partial charge in [-0.15, -0.1) is 0 Å². The molecule has 0 N–H and O–H groups in total. The van der Waals surface area contributed by atoms with Crippen molar-refractivity contribution < 1.29 is 8.42 Å². The average Bonchev–Trinajstić information content (AvgIpc) is 2.02. The van der Waals surface area contributed by atoms with Gasteiger partial charge in [0.15, 0.2) is 0 Å². The molecule has 1 aromatic rings. The molecular formula is C6H6Cl2N2O2S. The third kappa shape index (κ3) is 4.40. The van der Waals surface area contributed by atoms with E-state index in [1.54, 1.807) is 0 Å². The van der Waals surface area contributed by atoms with Crippen LogP contribution in [-0.4, -0.2) is 24.1 Å². The Bertz CT molecular complexity index is 376. The summed E-state index contributed by atoms with van der Waals surface area (Å²) < 4.78 is 21.1. The molecule has 0 atom stereocenters. The van der Waals surface area contributed by atoms with Crippen molar-refractivity contribution in [2.24, 2.45) is 0 Å². The Kier molecular flexibility index (Phi) is 3.47. The van der Waals surface area contributed by atoms with Crippen LogP contribution >= 0.6 is 22.3 Å². The molecule has 7 heteroatoms. The zero-order valence-electron chi connectivity index (χ0n) is 6.44. The molecule has 0 spiro atoms. The van der Waals surface area contributed by atoms with Gasteiger partial charge in [-0.2, -0.15) is 0 Å². The Morgan fingerprint density at radius 3 is 2.31 bits per heavy atom. The molecule has 0 amide bonds. The van der Waals surface area contributed by atoms with Gasteiger partial charge in [0, 0.05) is 23.1 Å². The maximum absolute atomic E-state index is 10.6. The number of nitrogens with zero attached hydrogens (tertiary/aromatic N) is 2. The zero-order chi connectivity index (χ0) is 9.90. The summed E-state index contributed by atoms with van der Waals surface area (Å²) in [6.07, 6.45) is 3.23. The van der Waals surface area contributed by atoms with Gasteiger partial charge in [-0.1, -0.05) is 0 Å². The van der Waals surface area contributed by atoms with Crippen LogP contribution in [0.1, 0.15) is 5.56 Å². The molecule has 13 heavy (non-hydrogen) atoms. The van der Waals surface area contributed by atoms with E-state index < -0.39 is 9.05 Å². The number of aromatic nitrogens is 2. The molecule has 0 saturated heterocycles. The van der Waals surface area contributed by atoms with E-state index in [1.807, 2.05) is 0 Å². The Morgan fingerprint density at radius 2 is 1.85 bits per heavy atom. The Labute approximate surface area is 85.3 Å². The Morgan fingerprint density at radius 1 is 1.31 bits per heavy atom. The second kappa shape index (κ2) is 4.21. The predicted molar refractivity (Wildman–Crippen MR) is 50.4 cm³/mol. The van der Waals surface area contributed by atoms with Gasteiger partial charge in [0.05, 0.1) is 5.75 Å². The van der Waals surface area contributed by atoms with Crippen LogP contribution in [0.2, 0.25) is 5.28 Å². The van der Waals surface area contributed by atoms with E-state index >= 15 is 0 Å². The first kappa shape index (κ1) is 10.7. The van der Waals surface area contributed by atoms with Crippen molar-refractivity contribution in [1.29, 1.82) is 0 Å². The predicted octanol–water partition coefficient (Wildman–Crippen LogP) is 1.24. The molecule has 0 aliphatic rings. The highest BCUT2D eigenvalue weighted by molar-refractivity contribution is 8.13. The van der Waals surface area contributed by atoms with E-state index in [0.717, 1.165) is 0 Å². The van der Waals surface area contributed by atoms with E-state index in [-0.39, 0.29) is 11.0 Å². The maximum Gasteiger partial charge on any atom is 0.232 e. The Hall–Kier alpha value is -0.390. The van der Waals surface area contributed by atoms with Crippen molar-refractivity contribution in [2.75, 3.05) is 5.75 Å². The molecule has 0 radical (unpaired) electrons. The van der Waals surface area contributed by atoms with Crippen molar-refractivity contribution in [3.05, 3.63) is 23.2 Å². The highest BCUT2D eigenvalue weighted by Crippen LogP contribution is 2.05. The average molecular weight is 241 g/mol. The van der Waals surface area contributed by atoms with Crippen molar-refractivity contribution in [2.45, 2.75) is 6.42 Å². The van der Waals surface area contributed by atoms with Crippen LogP contribution in [0.5, 0.6) is 0 Å². The molecule has 0 fully saturated rings. The van der Waals surface area contributed by atoms with Crippen molar-refractivity contribution in [1.82, 2.24) is 9.97 Å². The lowest BCUT2D eigenvalue weighted by Crippen LogP contribution is -2.01. The number of hydrogen-bond donors (Lipinski definition) is 0. The molecule has 0 unspecified atom stereocenters. The van der Waals surface area contributed by atoms with Crippen molar-refractivity contribution in [3.63, 3.8) is 0 Å². The van der Waals surface area contributed by atoms with E-state index in [2.05, 4.69) is 9.97 Å². The number of rotatable bonds is 3. The summed E-state index contributed by atoms with van der Waals surface area (Å²) in [5, 5.41) is 0.137. The summed E-state index contributed by atoms with van der Waals surface area (Å²) >= 11 is 5.44. The maximum atomic E-state index is 10.6. The standard InChI is InChI=1S/C6H6Cl2N2O2S/c7-6-9-3-5(4-10-6)1-2-13(8,11)12/h3-4H,1-2H2. The first-order chi connectivity index (χ1) is 5.97. The number of aryl methyl sites for hydroxylation is 1. The topological polar surface area (TPSA) is 59.9 Å². The molecule has 0 bridgehead atoms. The van der Waals surface area contributed by atoms with Gasteiger partial charge in [-0.05, 0) is 23.6 Å². The quantitative estimate of drug-likeness (QED) is 0.590. The van der Waals surface area contributed by atoms with Crippen molar-refractivity contribution >= 4 is 31.3 Å². The van der Waals surface area contributed by atoms with Crippen molar-refractivity contribution in [3.8, 4) is 0 Å². The third-order valence-corrected chi connectivity index (χ3v) is 2.66. The minimum atomic E-state index is -3.45. The second-order valence-corrected chi connectivity index (χ2v) is 5.59. The normalized spacial score (nSPS) is 11.5. The van der Waals surface area contributed by atoms with Crippen LogP contribution in [-0.2, 0) is 15.5 Å². The van der Waals surface area contributed by atoms with Gasteiger partial charge in [-0.3, -0.25) is 0 Å².